The van der Waals surface area contributed by atoms with Crippen LogP contribution >= 0.6 is 0 Å². The second-order valence-corrected chi connectivity index (χ2v) is 5.63. The number of esters is 1. The Morgan fingerprint density at radius 2 is 1.78 bits per heavy atom. The molecule has 0 saturated heterocycles. The maximum atomic E-state index is 11.8. The van der Waals surface area contributed by atoms with Gasteiger partial charge < -0.3 is 10.1 Å². The smallest absolute Gasteiger partial charge is 0.305 e. The van der Waals surface area contributed by atoms with Gasteiger partial charge >= 0.3 is 5.97 Å². The third-order valence-electron chi connectivity index (χ3n) is 4.35. The summed E-state index contributed by atoms with van der Waals surface area (Å²) in [5.74, 6) is 0.849. The van der Waals surface area contributed by atoms with Crippen LogP contribution in [0.15, 0.2) is 0 Å². The van der Waals surface area contributed by atoms with Gasteiger partial charge in [0.05, 0.1) is 7.11 Å². The zero-order valence-electron chi connectivity index (χ0n) is 11.1. The fraction of sp³-hybridized carbons (Fsp3) is 0.857. The van der Waals surface area contributed by atoms with Crippen molar-refractivity contribution in [2.24, 2.45) is 11.8 Å². The van der Waals surface area contributed by atoms with E-state index in [1.165, 1.54) is 13.5 Å². The number of carbonyl (C=O) groups is 2. The highest BCUT2D eigenvalue weighted by atomic mass is 16.5. The van der Waals surface area contributed by atoms with Gasteiger partial charge in [-0.15, -0.1) is 0 Å². The summed E-state index contributed by atoms with van der Waals surface area (Å²) in [7, 11) is 1.44. The molecular formula is C14H23NO3. The molecule has 0 atom stereocenters. The highest BCUT2D eigenvalue weighted by Crippen LogP contribution is 2.29. The SMILES string of the molecule is COC(=O)CC1CCC(NC(=O)C2CCC2)CC1. The molecule has 2 fully saturated rings. The Kier molecular flexibility index (Phi) is 4.61. The molecule has 0 aromatic heterocycles. The number of rotatable bonds is 4. The van der Waals surface area contributed by atoms with Crippen LogP contribution in [0.25, 0.3) is 0 Å². The van der Waals surface area contributed by atoms with Crippen LogP contribution in [0.1, 0.15) is 51.4 Å². The van der Waals surface area contributed by atoms with E-state index in [2.05, 4.69) is 10.1 Å². The van der Waals surface area contributed by atoms with Gasteiger partial charge in [0.1, 0.15) is 0 Å². The molecule has 2 saturated carbocycles. The van der Waals surface area contributed by atoms with Gasteiger partial charge in [0.25, 0.3) is 0 Å². The Hall–Kier alpha value is -1.06. The second-order valence-electron chi connectivity index (χ2n) is 5.63. The molecule has 0 bridgehead atoms. The van der Waals surface area contributed by atoms with E-state index >= 15 is 0 Å². The molecule has 1 amide bonds. The normalized spacial score (nSPS) is 28.3. The van der Waals surface area contributed by atoms with Gasteiger partial charge in [-0.05, 0) is 44.4 Å². The summed E-state index contributed by atoms with van der Waals surface area (Å²) in [6.45, 7) is 0. The molecule has 2 rings (SSSR count). The van der Waals surface area contributed by atoms with Gasteiger partial charge in [-0.2, -0.15) is 0 Å². The molecule has 2 aliphatic rings. The first-order chi connectivity index (χ1) is 8.69. The van der Waals surface area contributed by atoms with Crippen molar-refractivity contribution in [2.45, 2.75) is 57.4 Å². The van der Waals surface area contributed by atoms with Crippen LogP contribution in [0.5, 0.6) is 0 Å². The number of hydrogen-bond acceptors (Lipinski definition) is 3. The minimum Gasteiger partial charge on any atom is -0.469 e. The van der Waals surface area contributed by atoms with Gasteiger partial charge in [-0.25, -0.2) is 0 Å². The van der Waals surface area contributed by atoms with Crippen LogP contribution in [0, 0.1) is 11.8 Å². The van der Waals surface area contributed by atoms with Crippen molar-refractivity contribution in [2.75, 3.05) is 7.11 Å². The maximum Gasteiger partial charge on any atom is 0.305 e. The summed E-state index contributed by atoms with van der Waals surface area (Å²) >= 11 is 0. The number of hydrogen-bond donors (Lipinski definition) is 1. The van der Waals surface area contributed by atoms with Crippen molar-refractivity contribution < 1.29 is 14.3 Å². The molecule has 1 N–H and O–H groups in total. The van der Waals surface area contributed by atoms with E-state index in [9.17, 15) is 9.59 Å². The molecule has 0 spiro atoms. The van der Waals surface area contributed by atoms with Gasteiger partial charge in [0.15, 0.2) is 0 Å². The Labute approximate surface area is 108 Å². The Morgan fingerprint density at radius 3 is 2.28 bits per heavy atom. The lowest BCUT2D eigenvalue weighted by molar-refractivity contribution is -0.142. The average molecular weight is 253 g/mol. The van der Waals surface area contributed by atoms with Crippen molar-refractivity contribution in [3.63, 3.8) is 0 Å². The van der Waals surface area contributed by atoms with Crippen molar-refractivity contribution in [1.82, 2.24) is 5.32 Å². The van der Waals surface area contributed by atoms with E-state index in [0.29, 0.717) is 18.4 Å². The molecule has 102 valence electrons. The highest BCUT2D eigenvalue weighted by molar-refractivity contribution is 5.79. The Balaban J connectivity index is 1.66. The van der Waals surface area contributed by atoms with Gasteiger partial charge in [0.2, 0.25) is 5.91 Å². The van der Waals surface area contributed by atoms with E-state index < -0.39 is 0 Å². The van der Waals surface area contributed by atoms with Crippen molar-refractivity contribution >= 4 is 11.9 Å². The van der Waals surface area contributed by atoms with Gasteiger partial charge in [-0.1, -0.05) is 6.42 Å². The number of carbonyl (C=O) groups excluding carboxylic acids is 2. The van der Waals surface area contributed by atoms with E-state index in [4.69, 9.17) is 0 Å². The van der Waals surface area contributed by atoms with Crippen LogP contribution < -0.4 is 5.32 Å². The highest BCUT2D eigenvalue weighted by Gasteiger charge is 2.29. The predicted octanol–water partition coefficient (Wildman–Crippen LogP) is 2.02. The van der Waals surface area contributed by atoms with Crippen LogP contribution in [0.4, 0.5) is 0 Å². The maximum absolute atomic E-state index is 11.8. The van der Waals surface area contributed by atoms with Crippen molar-refractivity contribution in [3.05, 3.63) is 0 Å². The molecule has 2 aliphatic carbocycles. The van der Waals surface area contributed by atoms with E-state index in [0.717, 1.165) is 38.5 Å². The molecule has 0 heterocycles. The molecule has 0 radical (unpaired) electrons. The third kappa shape index (κ3) is 3.47. The average Bonchev–Trinajstić information content (AvgIpc) is 2.29. The lowest BCUT2D eigenvalue weighted by atomic mass is 9.82. The standard InChI is InChI=1S/C14H23NO3/c1-18-13(16)9-10-5-7-12(8-6-10)15-14(17)11-3-2-4-11/h10-12H,2-9H2,1H3,(H,15,17). The number of methoxy groups -OCH3 is 1. The third-order valence-corrected chi connectivity index (χ3v) is 4.35. The molecule has 4 heteroatoms. The summed E-state index contributed by atoms with van der Waals surface area (Å²) in [4.78, 5) is 23.0. The molecular weight excluding hydrogens is 230 g/mol. The first-order valence-corrected chi connectivity index (χ1v) is 7.06. The van der Waals surface area contributed by atoms with E-state index in [1.807, 2.05) is 0 Å². The Bertz CT molecular complexity index is 304. The van der Waals surface area contributed by atoms with Crippen LogP contribution in [-0.2, 0) is 14.3 Å². The molecule has 4 nitrogen and oxygen atoms in total. The van der Waals surface area contributed by atoms with Gasteiger partial charge in [-0.3, -0.25) is 9.59 Å². The minimum atomic E-state index is -0.114. The molecule has 0 aliphatic heterocycles. The zero-order chi connectivity index (χ0) is 13.0. The fourth-order valence-corrected chi connectivity index (χ4v) is 2.82. The van der Waals surface area contributed by atoms with Gasteiger partial charge in [0, 0.05) is 18.4 Å². The first kappa shape index (κ1) is 13.4. The number of amides is 1. The van der Waals surface area contributed by atoms with Crippen LogP contribution in [0.2, 0.25) is 0 Å². The Morgan fingerprint density at radius 1 is 1.11 bits per heavy atom. The van der Waals surface area contributed by atoms with Crippen LogP contribution in [0.3, 0.4) is 0 Å². The summed E-state index contributed by atoms with van der Waals surface area (Å²) < 4.78 is 4.69. The second kappa shape index (κ2) is 6.21. The minimum absolute atomic E-state index is 0.114. The van der Waals surface area contributed by atoms with E-state index in [-0.39, 0.29) is 17.8 Å². The lowest BCUT2D eigenvalue weighted by Crippen LogP contribution is -2.42. The van der Waals surface area contributed by atoms with Crippen molar-refractivity contribution in [3.8, 4) is 0 Å². The van der Waals surface area contributed by atoms with E-state index in [1.54, 1.807) is 0 Å². The number of nitrogens with one attached hydrogen (secondary N) is 1. The molecule has 18 heavy (non-hydrogen) atoms. The first-order valence-electron chi connectivity index (χ1n) is 7.06. The molecule has 0 unspecified atom stereocenters. The van der Waals surface area contributed by atoms with Crippen LogP contribution in [-0.4, -0.2) is 25.0 Å². The fourth-order valence-electron chi connectivity index (χ4n) is 2.82. The summed E-state index contributed by atoms with van der Waals surface area (Å²) in [6.07, 6.45) is 7.88. The lowest BCUT2D eigenvalue weighted by Gasteiger charge is -2.31. The van der Waals surface area contributed by atoms with Crippen molar-refractivity contribution in [1.29, 1.82) is 0 Å². The largest absolute Gasteiger partial charge is 0.469 e. The zero-order valence-corrected chi connectivity index (χ0v) is 11.1. The summed E-state index contributed by atoms with van der Waals surface area (Å²) in [5, 5.41) is 3.15. The number of ether oxygens (including phenoxy) is 1. The quantitative estimate of drug-likeness (QED) is 0.780. The topological polar surface area (TPSA) is 55.4 Å². The predicted molar refractivity (Wildman–Crippen MR) is 67.9 cm³/mol. The summed E-state index contributed by atoms with van der Waals surface area (Å²) in [5.41, 5.74) is 0. The molecule has 0 aromatic rings. The monoisotopic (exact) mass is 253 g/mol. The summed E-state index contributed by atoms with van der Waals surface area (Å²) in [6, 6.07) is 0.326. The molecule has 0 aromatic carbocycles.